The van der Waals surface area contributed by atoms with E-state index in [1.807, 2.05) is 46.2 Å². The monoisotopic (exact) mass is 487 g/mol. The van der Waals surface area contributed by atoms with Crippen molar-refractivity contribution in [2.75, 3.05) is 0 Å². The highest BCUT2D eigenvalue weighted by atomic mass is 79.9. The number of benzene rings is 1. The number of halogens is 3. The Morgan fingerprint density at radius 3 is 2.28 bits per heavy atom. The van der Waals surface area contributed by atoms with Crippen LogP contribution in [-0.2, 0) is 16.9 Å². The topological polar surface area (TPSA) is 52.9 Å². The van der Waals surface area contributed by atoms with E-state index >= 15 is 0 Å². The number of aromatic nitrogens is 2. The Labute approximate surface area is 182 Å². The van der Waals surface area contributed by atoms with Crippen LogP contribution in [0.4, 0.5) is 8.78 Å². The van der Waals surface area contributed by atoms with Crippen molar-refractivity contribution in [3.05, 3.63) is 40.0 Å². The van der Waals surface area contributed by atoms with Gasteiger partial charge in [0.25, 0.3) is 0 Å². The molecular formula is C21H28BrF2N3OS. The smallest absolute Gasteiger partial charge is 0.159 e. The molecular weight excluding hydrogens is 460 g/mol. The van der Waals surface area contributed by atoms with Gasteiger partial charge in [-0.05, 0) is 88.4 Å². The quantitative estimate of drug-likeness (QED) is 0.425. The number of nitrogens with zero attached hydrogens (tertiary/aromatic N) is 2. The third kappa shape index (κ3) is 4.86. The molecule has 160 valence electrons. The molecule has 2 aromatic rings. The Morgan fingerprint density at radius 1 is 1.17 bits per heavy atom. The fraction of sp³-hybridized carbons (Fsp3) is 0.571. The molecule has 29 heavy (non-hydrogen) atoms. The fourth-order valence-electron chi connectivity index (χ4n) is 3.21. The van der Waals surface area contributed by atoms with E-state index in [0.29, 0.717) is 21.6 Å². The minimum Gasteiger partial charge on any atom is -0.598 e. The molecule has 3 rings (SSSR count). The number of hydrogen-bond acceptors (Lipinski definition) is 3. The van der Waals surface area contributed by atoms with Crippen molar-refractivity contribution in [1.82, 2.24) is 14.5 Å². The van der Waals surface area contributed by atoms with Gasteiger partial charge >= 0.3 is 0 Å². The van der Waals surface area contributed by atoms with Gasteiger partial charge in [0.2, 0.25) is 0 Å². The SMILES string of the molecule is CC(C)(C)n1ncc([C@H](N[S+]([O-])C(C)(C)C)C2CC2)c1-c1cc(F)c(F)cc1Br. The molecule has 0 bridgehead atoms. The third-order valence-electron chi connectivity index (χ3n) is 4.92. The normalized spacial score (nSPS) is 17.4. The number of hydrogen-bond donors (Lipinski definition) is 1. The van der Waals surface area contributed by atoms with Gasteiger partial charge in [-0.1, -0.05) is 0 Å². The van der Waals surface area contributed by atoms with Crippen molar-refractivity contribution < 1.29 is 13.3 Å². The second-order valence-corrected chi connectivity index (χ2v) is 12.4. The van der Waals surface area contributed by atoms with Gasteiger partial charge in [0.1, 0.15) is 4.75 Å². The Kier molecular flexibility index (Phi) is 6.22. The minimum atomic E-state index is -1.27. The summed E-state index contributed by atoms with van der Waals surface area (Å²) in [6, 6.07) is 2.16. The Hall–Kier alpha value is -0.960. The van der Waals surface area contributed by atoms with Crippen LogP contribution in [0.2, 0.25) is 0 Å². The van der Waals surface area contributed by atoms with Gasteiger partial charge in [-0.2, -0.15) is 5.10 Å². The molecule has 1 aliphatic rings. The summed E-state index contributed by atoms with van der Waals surface area (Å²) in [4.78, 5) is 0. The molecule has 1 N–H and O–H groups in total. The Morgan fingerprint density at radius 2 is 1.76 bits per heavy atom. The van der Waals surface area contributed by atoms with Gasteiger partial charge in [-0.15, -0.1) is 4.72 Å². The Bertz CT molecular complexity index is 901. The summed E-state index contributed by atoms with van der Waals surface area (Å²) in [5.41, 5.74) is 1.71. The molecule has 0 amide bonds. The van der Waals surface area contributed by atoms with Crippen molar-refractivity contribution in [2.24, 2.45) is 5.92 Å². The molecule has 0 radical (unpaired) electrons. The van der Waals surface area contributed by atoms with Crippen LogP contribution in [-0.4, -0.2) is 19.1 Å². The van der Waals surface area contributed by atoms with Crippen LogP contribution in [0.25, 0.3) is 11.3 Å². The predicted octanol–water partition coefficient (Wildman–Crippen LogP) is 5.85. The summed E-state index contributed by atoms with van der Waals surface area (Å²) >= 11 is 2.12. The van der Waals surface area contributed by atoms with E-state index in [1.54, 1.807) is 6.20 Å². The first-order valence-corrected chi connectivity index (χ1v) is 11.7. The second-order valence-electron chi connectivity index (χ2n) is 9.59. The van der Waals surface area contributed by atoms with Gasteiger partial charge in [0.15, 0.2) is 11.6 Å². The van der Waals surface area contributed by atoms with Crippen molar-refractivity contribution in [3.63, 3.8) is 0 Å². The summed E-state index contributed by atoms with van der Waals surface area (Å²) in [6.07, 6.45) is 3.82. The summed E-state index contributed by atoms with van der Waals surface area (Å²) in [6.45, 7) is 11.8. The van der Waals surface area contributed by atoms with E-state index in [9.17, 15) is 13.3 Å². The highest BCUT2D eigenvalue weighted by molar-refractivity contribution is 9.10. The fourth-order valence-corrected chi connectivity index (χ4v) is 4.61. The van der Waals surface area contributed by atoms with E-state index < -0.39 is 27.7 Å². The molecule has 4 nitrogen and oxygen atoms in total. The first-order valence-electron chi connectivity index (χ1n) is 9.72. The van der Waals surface area contributed by atoms with Gasteiger partial charge < -0.3 is 4.55 Å². The van der Waals surface area contributed by atoms with Gasteiger partial charge in [-0.25, -0.2) is 8.78 Å². The van der Waals surface area contributed by atoms with E-state index in [-0.39, 0.29) is 11.6 Å². The van der Waals surface area contributed by atoms with E-state index in [2.05, 4.69) is 25.8 Å². The first kappa shape index (κ1) is 22.7. The third-order valence-corrected chi connectivity index (χ3v) is 7.15. The molecule has 2 atom stereocenters. The molecule has 1 aliphatic carbocycles. The lowest BCUT2D eigenvalue weighted by atomic mass is 9.98. The summed E-state index contributed by atoms with van der Waals surface area (Å²) in [5, 5.41) is 4.60. The zero-order valence-corrected chi connectivity index (χ0v) is 20.0. The van der Waals surface area contributed by atoms with E-state index in [1.165, 1.54) is 6.07 Å². The van der Waals surface area contributed by atoms with E-state index in [0.717, 1.165) is 24.5 Å². The molecule has 0 saturated heterocycles. The molecule has 1 fully saturated rings. The maximum Gasteiger partial charge on any atom is 0.159 e. The van der Waals surface area contributed by atoms with Crippen molar-refractivity contribution in [1.29, 1.82) is 0 Å². The highest BCUT2D eigenvalue weighted by Gasteiger charge is 2.41. The molecule has 8 heteroatoms. The second kappa shape index (κ2) is 7.94. The average Bonchev–Trinajstić information content (AvgIpc) is 3.32. The van der Waals surface area contributed by atoms with Gasteiger partial charge in [-0.3, -0.25) is 4.68 Å². The number of rotatable bonds is 5. The maximum atomic E-state index is 14.2. The predicted molar refractivity (Wildman–Crippen MR) is 117 cm³/mol. The largest absolute Gasteiger partial charge is 0.598 e. The first-order chi connectivity index (χ1) is 13.3. The zero-order chi connectivity index (χ0) is 21.7. The van der Waals surface area contributed by atoms with Crippen molar-refractivity contribution >= 4 is 27.3 Å². The molecule has 1 unspecified atom stereocenters. The minimum absolute atomic E-state index is 0.179. The van der Waals surface area contributed by atoms with Gasteiger partial charge in [0.05, 0.1) is 23.5 Å². The molecule has 1 saturated carbocycles. The molecule has 0 aliphatic heterocycles. The van der Waals surface area contributed by atoms with Crippen LogP contribution < -0.4 is 4.72 Å². The van der Waals surface area contributed by atoms with Crippen LogP contribution in [0.3, 0.4) is 0 Å². The van der Waals surface area contributed by atoms with Crippen molar-refractivity contribution in [2.45, 2.75) is 70.7 Å². The maximum absolute atomic E-state index is 14.2. The summed E-state index contributed by atoms with van der Waals surface area (Å²) in [5.74, 6) is -1.48. The summed E-state index contributed by atoms with van der Waals surface area (Å²) in [7, 11) is 0. The number of nitrogens with one attached hydrogen (secondary N) is 1. The summed E-state index contributed by atoms with van der Waals surface area (Å²) < 4.78 is 45.9. The average molecular weight is 488 g/mol. The lowest BCUT2D eigenvalue weighted by Crippen LogP contribution is -2.42. The van der Waals surface area contributed by atoms with Crippen LogP contribution in [0.5, 0.6) is 0 Å². The van der Waals surface area contributed by atoms with E-state index in [4.69, 9.17) is 0 Å². The van der Waals surface area contributed by atoms with Crippen LogP contribution in [0, 0.1) is 17.6 Å². The van der Waals surface area contributed by atoms with Gasteiger partial charge in [0, 0.05) is 27.0 Å². The molecule has 0 spiro atoms. The lowest BCUT2D eigenvalue weighted by Gasteiger charge is -2.29. The Balaban J connectivity index is 2.17. The highest BCUT2D eigenvalue weighted by Crippen LogP contribution is 2.46. The van der Waals surface area contributed by atoms with Crippen molar-refractivity contribution in [3.8, 4) is 11.3 Å². The zero-order valence-electron chi connectivity index (χ0n) is 17.6. The molecule has 1 heterocycles. The lowest BCUT2D eigenvalue weighted by molar-refractivity contribution is 0.359. The van der Waals surface area contributed by atoms with Crippen LogP contribution in [0.15, 0.2) is 22.8 Å². The molecule has 1 aromatic carbocycles. The molecule has 1 aromatic heterocycles. The van der Waals surface area contributed by atoms with Crippen LogP contribution >= 0.6 is 15.9 Å². The standard InChI is InChI=1S/C21H28BrF2N3OS/c1-20(2,3)27-19(13-9-16(23)17(24)10-15(13)22)14(11-25-27)18(12-7-8-12)26-29(28)21(4,5)6/h9-12,18,26H,7-8H2,1-6H3/t18-,29?/m1/s1. The van der Waals surface area contributed by atoms with Crippen LogP contribution in [0.1, 0.15) is 66.0 Å².